The predicted octanol–water partition coefficient (Wildman–Crippen LogP) is 5.13. The predicted molar refractivity (Wildman–Crippen MR) is 85.7 cm³/mol. The molecule has 0 saturated carbocycles. The Hall–Kier alpha value is -0.900. The molecular weight excluding hydrogens is 341 g/mol. The van der Waals surface area contributed by atoms with Gasteiger partial charge >= 0.3 is 0 Å². The average Bonchev–Trinajstić information content (AvgIpc) is 2.43. The Morgan fingerprint density at radius 2 is 1.90 bits per heavy atom. The van der Waals surface area contributed by atoms with Crippen molar-refractivity contribution >= 4 is 27.5 Å². The van der Waals surface area contributed by atoms with E-state index in [-0.39, 0.29) is 11.9 Å². The summed E-state index contributed by atoms with van der Waals surface area (Å²) >= 11 is 9.40. The molecule has 2 aromatic rings. The Morgan fingerprint density at radius 3 is 2.55 bits per heavy atom. The van der Waals surface area contributed by atoms with Crippen molar-refractivity contribution in [3.05, 3.63) is 68.9 Å². The number of benzene rings is 2. The number of hydrogen-bond donors (Lipinski definition) is 1. The Labute approximate surface area is 132 Å². The average molecular weight is 357 g/mol. The SMILES string of the molecule is CCNC(Cc1ccc(Br)cc1)c1cc(Cl)ccc1F. The molecule has 1 N–H and O–H groups in total. The van der Waals surface area contributed by atoms with Crippen molar-refractivity contribution in [3.8, 4) is 0 Å². The van der Waals surface area contributed by atoms with E-state index in [1.165, 1.54) is 6.07 Å². The second kappa shape index (κ2) is 7.21. The zero-order valence-electron chi connectivity index (χ0n) is 11.2. The van der Waals surface area contributed by atoms with Crippen LogP contribution in [-0.4, -0.2) is 6.54 Å². The first-order chi connectivity index (χ1) is 9.60. The highest BCUT2D eigenvalue weighted by Crippen LogP contribution is 2.25. The zero-order chi connectivity index (χ0) is 14.5. The number of hydrogen-bond acceptors (Lipinski definition) is 1. The Bertz CT molecular complexity index is 571. The molecule has 0 radical (unpaired) electrons. The van der Waals surface area contributed by atoms with Gasteiger partial charge in [0, 0.05) is 21.1 Å². The third-order valence-corrected chi connectivity index (χ3v) is 3.90. The van der Waals surface area contributed by atoms with Gasteiger partial charge in [-0.3, -0.25) is 0 Å². The summed E-state index contributed by atoms with van der Waals surface area (Å²) in [5, 5.41) is 3.88. The summed E-state index contributed by atoms with van der Waals surface area (Å²) in [6, 6.07) is 12.7. The fraction of sp³-hybridized carbons (Fsp3) is 0.250. The van der Waals surface area contributed by atoms with Gasteiger partial charge in [-0.2, -0.15) is 0 Å². The van der Waals surface area contributed by atoms with Crippen LogP contribution in [0.5, 0.6) is 0 Å². The van der Waals surface area contributed by atoms with Crippen LogP contribution in [0.1, 0.15) is 24.1 Å². The molecule has 106 valence electrons. The van der Waals surface area contributed by atoms with E-state index in [9.17, 15) is 4.39 Å². The molecule has 0 aliphatic carbocycles. The molecule has 0 amide bonds. The van der Waals surface area contributed by atoms with Gasteiger partial charge in [-0.05, 0) is 48.9 Å². The lowest BCUT2D eigenvalue weighted by atomic mass is 9.98. The number of nitrogens with one attached hydrogen (secondary N) is 1. The van der Waals surface area contributed by atoms with E-state index in [4.69, 9.17) is 11.6 Å². The molecule has 1 unspecified atom stereocenters. The highest BCUT2D eigenvalue weighted by atomic mass is 79.9. The minimum Gasteiger partial charge on any atom is -0.310 e. The van der Waals surface area contributed by atoms with E-state index in [1.807, 2.05) is 31.2 Å². The third kappa shape index (κ3) is 4.05. The maximum Gasteiger partial charge on any atom is 0.128 e. The molecule has 0 aromatic heterocycles. The molecule has 2 rings (SSSR count). The molecule has 0 saturated heterocycles. The van der Waals surface area contributed by atoms with Crippen molar-refractivity contribution in [2.45, 2.75) is 19.4 Å². The standard InChI is InChI=1S/C16H16BrClFN/c1-2-20-16(9-11-3-5-12(17)6-4-11)14-10-13(18)7-8-15(14)19/h3-8,10,16,20H,2,9H2,1H3. The van der Waals surface area contributed by atoms with Gasteiger partial charge in [0.15, 0.2) is 0 Å². The van der Waals surface area contributed by atoms with Crippen LogP contribution in [0.15, 0.2) is 46.9 Å². The largest absolute Gasteiger partial charge is 0.310 e. The minimum atomic E-state index is -0.225. The van der Waals surface area contributed by atoms with Crippen LogP contribution in [0.3, 0.4) is 0 Å². The van der Waals surface area contributed by atoms with Crippen LogP contribution >= 0.6 is 27.5 Å². The molecule has 0 spiro atoms. The molecule has 1 atom stereocenters. The number of halogens is 3. The van der Waals surface area contributed by atoms with Gasteiger partial charge in [-0.25, -0.2) is 4.39 Å². The van der Waals surface area contributed by atoms with Crippen LogP contribution in [0, 0.1) is 5.82 Å². The quantitative estimate of drug-likeness (QED) is 0.782. The van der Waals surface area contributed by atoms with Crippen molar-refractivity contribution in [3.63, 3.8) is 0 Å². The summed E-state index contributed by atoms with van der Waals surface area (Å²) in [7, 11) is 0. The molecule has 1 nitrogen and oxygen atoms in total. The van der Waals surface area contributed by atoms with Crippen LogP contribution < -0.4 is 5.32 Å². The fourth-order valence-electron chi connectivity index (χ4n) is 2.18. The maximum absolute atomic E-state index is 14.0. The van der Waals surface area contributed by atoms with Crippen LogP contribution in [0.25, 0.3) is 0 Å². The lowest BCUT2D eigenvalue weighted by Gasteiger charge is -2.19. The van der Waals surface area contributed by atoms with Gasteiger partial charge in [0.25, 0.3) is 0 Å². The lowest BCUT2D eigenvalue weighted by Crippen LogP contribution is -2.24. The first-order valence-corrected chi connectivity index (χ1v) is 7.70. The summed E-state index contributed by atoms with van der Waals surface area (Å²) in [6.07, 6.45) is 0.721. The van der Waals surface area contributed by atoms with Crippen LogP contribution in [0.4, 0.5) is 4.39 Å². The second-order valence-electron chi connectivity index (χ2n) is 4.61. The second-order valence-corrected chi connectivity index (χ2v) is 5.96. The van der Waals surface area contributed by atoms with E-state index >= 15 is 0 Å². The zero-order valence-corrected chi connectivity index (χ0v) is 13.5. The van der Waals surface area contributed by atoms with E-state index in [1.54, 1.807) is 12.1 Å². The van der Waals surface area contributed by atoms with Gasteiger partial charge in [0.05, 0.1) is 0 Å². The van der Waals surface area contributed by atoms with Crippen molar-refractivity contribution in [2.75, 3.05) is 6.54 Å². The van der Waals surface area contributed by atoms with Crippen molar-refractivity contribution in [1.29, 1.82) is 0 Å². The summed E-state index contributed by atoms with van der Waals surface area (Å²) in [6.45, 7) is 2.78. The van der Waals surface area contributed by atoms with Gasteiger partial charge in [0.1, 0.15) is 5.82 Å². The summed E-state index contributed by atoms with van der Waals surface area (Å²) in [5.41, 5.74) is 1.76. The first kappa shape index (κ1) is 15.5. The molecular formula is C16H16BrClFN. The first-order valence-electron chi connectivity index (χ1n) is 6.53. The molecule has 4 heteroatoms. The molecule has 20 heavy (non-hydrogen) atoms. The smallest absolute Gasteiger partial charge is 0.128 e. The Balaban J connectivity index is 2.26. The number of likely N-dealkylation sites (N-methyl/N-ethyl adjacent to an activating group) is 1. The van der Waals surface area contributed by atoms with Gasteiger partial charge in [0.2, 0.25) is 0 Å². The highest BCUT2D eigenvalue weighted by molar-refractivity contribution is 9.10. The third-order valence-electron chi connectivity index (χ3n) is 3.14. The molecule has 0 aliphatic rings. The van der Waals surface area contributed by atoms with Crippen molar-refractivity contribution < 1.29 is 4.39 Å². The van der Waals surface area contributed by atoms with Crippen LogP contribution in [-0.2, 0) is 6.42 Å². The van der Waals surface area contributed by atoms with Crippen molar-refractivity contribution in [2.24, 2.45) is 0 Å². The monoisotopic (exact) mass is 355 g/mol. The molecule has 2 aromatic carbocycles. The van der Waals surface area contributed by atoms with Gasteiger partial charge in [-0.1, -0.05) is 46.6 Å². The van der Waals surface area contributed by atoms with E-state index in [0.717, 1.165) is 23.0 Å². The normalized spacial score (nSPS) is 12.4. The molecule has 0 aliphatic heterocycles. The van der Waals surface area contributed by atoms with Crippen molar-refractivity contribution in [1.82, 2.24) is 5.32 Å². The Morgan fingerprint density at radius 1 is 1.20 bits per heavy atom. The highest BCUT2D eigenvalue weighted by Gasteiger charge is 2.16. The van der Waals surface area contributed by atoms with Gasteiger partial charge in [-0.15, -0.1) is 0 Å². The van der Waals surface area contributed by atoms with Gasteiger partial charge < -0.3 is 5.32 Å². The molecule has 0 heterocycles. The minimum absolute atomic E-state index is 0.0834. The summed E-state index contributed by atoms with van der Waals surface area (Å²) < 4.78 is 15.0. The maximum atomic E-state index is 14.0. The lowest BCUT2D eigenvalue weighted by molar-refractivity contribution is 0.510. The number of rotatable bonds is 5. The van der Waals surface area contributed by atoms with E-state index in [0.29, 0.717) is 10.6 Å². The molecule has 0 bridgehead atoms. The fourth-order valence-corrected chi connectivity index (χ4v) is 2.62. The van der Waals surface area contributed by atoms with Crippen LogP contribution in [0.2, 0.25) is 5.02 Å². The summed E-state index contributed by atoms with van der Waals surface area (Å²) in [5.74, 6) is -0.225. The summed E-state index contributed by atoms with van der Waals surface area (Å²) in [4.78, 5) is 0. The van der Waals surface area contributed by atoms with E-state index < -0.39 is 0 Å². The molecule has 0 fully saturated rings. The topological polar surface area (TPSA) is 12.0 Å². The Kier molecular flexibility index (Phi) is 5.58. The van der Waals surface area contributed by atoms with E-state index in [2.05, 4.69) is 21.2 Å².